The predicted octanol–water partition coefficient (Wildman–Crippen LogP) is 3.38. The van der Waals surface area contributed by atoms with Crippen LogP contribution in [-0.4, -0.2) is 15.8 Å². The van der Waals surface area contributed by atoms with Gasteiger partial charge in [0.1, 0.15) is 0 Å². The molecule has 0 amide bonds. The zero-order valence-electron chi connectivity index (χ0n) is 14.3. The highest BCUT2D eigenvalue weighted by Gasteiger charge is 2.25. The summed E-state index contributed by atoms with van der Waals surface area (Å²) < 4.78 is 1.78. The van der Waals surface area contributed by atoms with Crippen molar-refractivity contribution in [2.75, 3.05) is 0 Å². The van der Waals surface area contributed by atoms with Gasteiger partial charge in [0.25, 0.3) is 5.56 Å². The van der Waals surface area contributed by atoms with E-state index in [0.717, 1.165) is 57.2 Å². The smallest absolute Gasteiger partial charge is 0.267 e. The van der Waals surface area contributed by atoms with Crippen LogP contribution in [-0.2, 0) is 19.4 Å². The Kier molecular flexibility index (Phi) is 4.55. The summed E-state index contributed by atoms with van der Waals surface area (Å²) in [5.74, 6) is 0. The largest absolute Gasteiger partial charge is 0.309 e. The van der Waals surface area contributed by atoms with Crippen molar-refractivity contribution in [3.05, 3.63) is 49.6 Å². The third-order valence-electron chi connectivity index (χ3n) is 5.54. The second-order valence-electron chi connectivity index (χ2n) is 7.17. The first-order chi connectivity index (χ1) is 11.7. The van der Waals surface area contributed by atoms with Gasteiger partial charge < -0.3 is 5.32 Å². The van der Waals surface area contributed by atoms with Crippen LogP contribution >= 0.6 is 11.3 Å². The summed E-state index contributed by atoms with van der Waals surface area (Å²) in [6.07, 6.45) is 7.55. The van der Waals surface area contributed by atoms with E-state index < -0.39 is 0 Å². The third kappa shape index (κ3) is 3.20. The van der Waals surface area contributed by atoms with Gasteiger partial charge in [-0.05, 0) is 74.4 Å². The molecule has 0 spiro atoms. The molecule has 2 aromatic rings. The Morgan fingerprint density at radius 2 is 2.12 bits per heavy atom. The molecular weight excluding hydrogens is 318 g/mol. The summed E-state index contributed by atoms with van der Waals surface area (Å²) in [5, 5.41) is 10.5. The van der Waals surface area contributed by atoms with Crippen LogP contribution in [0.5, 0.6) is 0 Å². The predicted molar refractivity (Wildman–Crippen MR) is 97.7 cm³/mol. The Labute approximate surface area is 146 Å². The first-order valence-corrected chi connectivity index (χ1v) is 9.96. The highest BCUT2D eigenvalue weighted by Crippen LogP contribution is 2.28. The average molecular weight is 343 g/mol. The van der Waals surface area contributed by atoms with Crippen LogP contribution in [0.15, 0.2) is 22.3 Å². The zero-order valence-corrected chi connectivity index (χ0v) is 15.1. The molecule has 128 valence electrons. The van der Waals surface area contributed by atoms with Gasteiger partial charge in [0.05, 0.1) is 11.7 Å². The standard InChI is InChI=1S/C19H25N3OS/c1-13-9-10-24-18(13)12-20-15-5-7-16(8-6-15)22-19(23)11-14-3-2-4-17(14)21-22/h9-11,15-16,20H,2-8,12H2,1H3. The Morgan fingerprint density at radius 1 is 1.29 bits per heavy atom. The first-order valence-electron chi connectivity index (χ1n) is 9.08. The highest BCUT2D eigenvalue weighted by molar-refractivity contribution is 7.10. The molecule has 0 unspecified atom stereocenters. The molecule has 0 saturated heterocycles. The second kappa shape index (κ2) is 6.81. The Balaban J connectivity index is 1.36. The van der Waals surface area contributed by atoms with Gasteiger partial charge in [-0.25, -0.2) is 4.68 Å². The minimum Gasteiger partial charge on any atom is -0.309 e. The lowest BCUT2D eigenvalue weighted by molar-refractivity contribution is 0.267. The number of aromatic nitrogens is 2. The van der Waals surface area contributed by atoms with Crippen molar-refractivity contribution in [2.45, 2.75) is 70.5 Å². The minimum absolute atomic E-state index is 0.0984. The van der Waals surface area contributed by atoms with E-state index in [-0.39, 0.29) is 11.6 Å². The SMILES string of the molecule is Cc1ccsc1CNC1CCC(n2nc3c(cc2=O)CCC3)CC1. The molecule has 1 saturated carbocycles. The van der Waals surface area contributed by atoms with Crippen LogP contribution in [0.2, 0.25) is 0 Å². The number of hydrogen-bond acceptors (Lipinski definition) is 4. The van der Waals surface area contributed by atoms with Gasteiger partial charge >= 0.3 is 0 Å². The molecule has 2 aliphatic carbocycles. The van der Waals surface area contributed by atoms with Gasteiger partial charge in [0.2, 0.25) is 0 Å². The summed E-state index contributed by atoms with van der Waals surface area (Å²) in [5.41, 5.74) is 3.82. The summed E-state index contributed by atoms with van der Waals surface area (Å²) in [6, 6.07) is 4.86. The molecule has 0 atom stereocenters. The number of thiophene rings is 1. The third-order valence-corrected chi connectivity index (χ3v) is 6.57. The average Bonchev–Trinajstić information content (AvgIpc) is 3.21. The van der Waals surface area contributed by atoms with Gasteiger partial charge in [-0.15, -0.1) is 11.3 Å². The molecule has 2 heterocycles. The van der Waals surface area contributed by atoms with Crippen LogP contribution in [0.1, 0.15) is 59.8 Å². The van der Waals surface area contributed by atoms with Crippen LogP contribution in [0.3, 0.4) is 0 Å². The van der Waals surface area contributed by atoms with E-state index in [4.69, 9.17) is 0 Å². The van der Waals surface area contributed by atoms with Crippen molar-refractivity contribution in [2.24, 2.45) is 0 Å². The maximum absolute atomic E-state index is 12.4. The van der Waals surface area contributed by atoms with Gasteiger partial charge in [-0.3, -0.25) is 4.79 Å². The zero-order chi connectivity index (χ0) is 16.5. The topological polar surface area (TPSA) is 46.9 Å². The monoisotopic (exact) mass is 343 g/mol. The number of fused-ring (bicyclic) bond motifs is 1. The molecule has 2 aliphatic rings. The van der Waals surface area contributed by atoms with Crippen LogP contribution in [0, 0.1) is 6.92 Å². The molecule has 4 rings (SSSR count). The van der Waals surface area contributed by atoms with Crippen molar-refractivity contribution in [1.82, 2.24) is 15.1 Å². The first kappa shape index (κ1) is 16.0. The molecule has 0 aliphatic heterocycles. The van der Waals surface area contributed by atoms with E-state index in [0.29, 0.717) is 6.04 Å². The summed E-state index contributed by atoms with van der Waals surface area (Å²) in [7, 11) is 0. The summed E-state index contributed by atoms with van der Waals surface area (Å²) in [4.78, 5) is 13.8. The lowest BCUT2D eigenvalue weighted by Crippen LogP contribution is -2.36. The fourth-order valence-corrected chi connectivity index (χ4v) is 4.88. The Bertz CT molecular complexity index is 771. The number of rotatable bonds is 4. The Morgan fingerprint density at radius 3 is 2.88 bits per heavy atom. The van der Waals surface area contributed by atoms with Crippen molar-refractivity contribution in [1.29, 1.82) is 0 Å². The molecule has 4 nitrogen and oxygen atoms in total. The van der Waals surface area contributed by atoms with Crippen LogP contribution in [0.4, 0.5) is 0 Å². The number of nitrogens with one attached hydrogen (secondary N) is 1. The lowest BCUT2D eigenvalue weighted by Gasteiger charge is -2.29. The Hall–Kier alpha value is -1.46. The second-order valence-corrected chi connectivity index (χ2v) is 8.17. The van der Waals surface area contributed by atoms with E-state index >= 15 is 0 Å². The summed E-state index contributed by atoms with van der Waals surface area (Å²) in [6.45, 7) is 3.15. The van der Waals surface area contributed by atoms with Gasteiger partial charge in [-0.1, -0.05) is 0 Å². The van der Waals surface area contributed by atoms with Gasteiger partial charge in [0, 0.05) is 23.5 Å². The molecule has 2 aromatic heterocycles. The molecule has 24 heavy (non-hydrogen) atoms. The van der Waals surface area contributed by atoms with Crippen molar-refractivity contribution in [3.63, 3.8) is 0 Å². The van der Waals surface area contributed by atoms with E-state index in [1.54, 1.807) is 4.68 Å². The maximum Gasteiger partial charge on any atom is 0.267 e. The number of nitrogens with zero attached hydrogens (tertiary/aromatic N) is 2. The number of hydrogen-bond donors (Lipinski definition) is 1. The van der Waals surface area contributed by atoms with Crippen LogP contribution < -0.4 is 10.9 Å². The normalized spacial score (nSPS) is 23.4. The fraction of sp³-hybridized carbons (Fsp3) is 0.579. The van der Waals surface area contributed by atoms with Crippen molar-refractivity contribution in [3.8, 4) is 0 Å². The highest BCUT2D eigenvalue weighted by atomic mass is 32.1. The quantitative estimate of drug-likeness (QED) is 0.926. The molecule has 0 bridgehead atoms. The van der Waals surface area contributed by atoms with E-state index in [1.165, 1.54) is 16.0 Å². The van der Waals surface area contributed by atoms with Crippen molar-refractivity contribution >= 4 is 11.3 Å². The fourth-order valence-electron chi connectivity index (χ4n) is 4.02. The van der Waals surface area contributed by atoms with Crippen molar-refractivity contribution < 1.29 is 0 Å². The molecule has 1 fully saturated rings. The molecular formula is C19H25N3OS. The molecule has 0 radical (unpaired) electrons. The molecule has 1 N–H and O–H groups in total. The van der Waals surface area contributed by atoms with E-state index in [2.05, 4.69) is 28.8 Å². The van der Waals surface area contributed by atoms with Gasteiger partial charge in [0.15, 0.2) is 0 Å². The molecule has 5 heteroatoms. The minimum atomic E-state index is 0.0984. The van der Waals surface area contributed by atoms with Gasteiger partial charge in [-0.2, -0.15) is 5.10 Å². The van der Waals surface area contributed by atoms with E-state index in [9.17, 15) is 4.79 Å². The van der Waals surface area contributed by atoms with E-state index in [1.807, 2.05) is 17.4 Å². The lowest BCUT2D eigenvalue weighted by atomic mass is 9.91. The molecule has 0 aromatic carbocycles. The number of aryl methyl sites for hydroxylation is 3. The summed E-state index contributed by atoms with van der Waals surface area (Å²) >= 11 is 1.83. The maximum atomic E-state index is 12.4. The van der Waals surface area contributed by atoms with Crippen LogP contribution in [0.25, 0.3) is 0 Å².